The smallest absolute Gasteiger partial charge is 0.164 e. The van der Waals surface area contributed by atoms with Gasteiger partial charge in [-0.2, -0.15) is 0 Å². The van der Waals surface area contributed by atoms with Gasteiger partial charge in [0.05, 0.1) is 6.61 Å². The summed E-state index contributed by atoms with van der Waals surface area (Å²) >= 11 is 0. The van der Waals surface area contributed by atoms with E-state index >= 15 is 0 Å². The first kappa shape index (κ1) is 13.5. The molecule has 0 aliphatic carbocycles. The molecule has 4 rings (SSSR count). The maximum atomic E-state index is 5.67. The van der Waals surface area contributed by atoms with Crippen LogP contribution in [0.2, 0.25) is 0 Å². The van der Waals surface area contributed by atoms with Crippen molar-refractivity contribution in [3.63, 3.8) is 0 Å². The van der Waals surface area contributed by atoms with Gasteiger partial charge < -0.3 is 4.74 Å². The van der Waals surface area contributed by atoms with E-state index in [1.807, 2.05) is 18.3 Å². The van der Waals surface area contributed by atoms with Crippen molar-refractivity contribution in [2.45, 2.75) is 25.7 Å². The molecule has 3 aromatic rings. The summed E-state index contributed by atoms with van der Waals surface area (Å²) in [6.07, 6.45) is 4.04. The molecule has 0 bridgehead atoms. The number of hydrogen-bond donors (Lipinski definition) is 0. The fourth-order valence-electron chi connectivity index (χ4n) is 3.17. The third kappa shape index (κ3) is 2.29. The topological polar surface area (TPSA) is 39.9 Å². The van der Waals surface area contributed by atoms with Crippen LogP contribution in [-0.2, 0) is 4.74 Å². The Kier molecular flexibility index (Phi) is 3.39. The van der Waals surface area contributed by atoms with Crippen LogP contribution >= 0.6 is 0 Å². The molecule has 112 valence electrons. The zero-order chi connectivity index (χ0) is 14.9. The molecule has 3 heterocycles. The van der Waals surface area contributed by atoms with Gasteiger partial charge in [0.15, 0.2) is 5.65 Å². The minimum absolute atomic E-state index is 0.337. The number of ether oxygens (including phenoxy) is 1. The van der Waals surface area contributed by atoms with Crippen molar-refractivity contribution in [2.24, 2.45) is 0 Å². The second kappa shape index (κ2) is 5.54. The summed E-state index contributed by atoms with van der Waals surface area (Å²) < 4.78 is 7.87. The Balaban J connectivity index is 1.93. The van der Waals surface area contributed by atoms with Gasteiger partial charge >= 0.3 is 0 Å². The van der Waals surface area contributed by atoms with Gasteiger partial charge in [-0.15, -0.1) is 0 Å². The Morgan fingerprint density at radius 1 is 1.23 bits per heavy atom. The van der Waals surface area contributed by atoms with Crippen LogP contribution in [0.3, 0.4) is 0 Å². The highest BCUT2D eigenvalue weighted by atomic mass is 16.5. The van der Waals surface area contributed by atoms with Crippen molar-refractivity contribution in [3.05, 3.63) is 54.0 Å². The molecule has 1 aliphatic rings. The van der Waals surface area contributed by atoms with Gasteiger partial charge in [-0.3, -0.25) is 4.57 Å². The molecule has 0 amide bonds. The molecule has 4 nitrogen and oxygen atoms in total. The third-order valence-corrected chi connectivity index (χ3v) is 4.23. The van der Waals surface area contributed by atoms with E-state index in [1.165, 1.54) is 5.56 Å². The fraction of sp³-hybridized carbons (Fsp3) is 0.333. The summed E-state index contributed by atoms with van der Waals surface area (Å²) in [5.74, 6) is 1.41. The van der Waals surface area contributed by atoms with Gasteiger partial charge in [-0.25, -0.2) is 9.97 Å². The minimum atomic E-state index is 0.337. The number of fused-ring (bicyclic) bond motifs is 1. The number of nitrogens with zero attached hydrogens (tertiary/aromatic N) is 3. The van der Waals surface area contributed by atoms with Crippen molar-refractivity contribution < 1.29 is 4.74 Å². The summed E-state index contributed by atoms with van der Waals surface area (Å²) in [6.45, 7) is 3.72. The van der Waals surface area contributed by atoms with Crippen LogP contribution in [0.25, 0.3) is 16.9 Å². The highest BCUT2D eigenvalue weighted by molar-refractivity contribution is 5.74. The van der Waals surface area contributed by atoms with Crippen molar-refractivity contribution in [1.82, 2.24) is 14.5 Å². The average Bonchev–Trinajstić information content (AvgIpc) is 2.95. The first-order valence-electron chi connectivity index (χ1n) is 7.81. The zero-order valence-corrected chi connectivity index (χ0v) is 12.7. The predicted molar refractivity (Wildman–Crippen MR) is 86.4 cm³/mol. The molecule has 22 heavy (non-hydrogen) atoms. The number of pyridine rings is 1. The van der Waals surface area contributed by atoms with Crippen molar-refractivity contribution in [2.75, 3.05) is 13.2 Å². The molecular weight excluding hydrogens is 274 g/mol. The maximum Gasteiger partial charge on any atom is 0.164 e. The Bertz CT molecular complexity index is 803. The number of imidazole rings is 1. The number of benzene rings is 1. The van der Waals surface area contributed by atoms with Crippen molar-refractivity contribution in [1.29, 1.82) is 0 Å². The molecular formula is C18H19N3O. The maximum absolute atomic E-state index is 5.67. The zero-order valence-electron chi connectivity index (χ0n) is 12.7. The molecule has 1 aromatic carbocycles. The summed E-state index contributed by atoms with van der Waals surface area (Å²) in [4.78, 5) is 9.43. The lowest BCUT2D eigenvalue weighted by atomic mass is 10.0. The summed E-state index contributed by atoms with van der Waals surface area (Å²) in [7, 11) is 0. The monoisotopic (exact) mass is 293 g/mol. The lowest BCUT2D eigenvalue weighted by Crippen LogP contribution is -2.19. The van der Waals surface area contributed by atoms with E-state index in [0.717, 1.165) is 48.7 Å². The number of aromatic nitrogens is 3. The van der Waals surface area contributed by atoms with E-state index in [9.17, 15) is 0 Å². The standard InChI is InChI=1S/C18H19N3O/c1-13-5-2-7-15(11-13)21-17(14-6-4-10-22-12-14)20-16-8-3-9-19-18(16)21/h2-3,5,7-9,11,14H,4,6,10,12H2,1H3. The Morgan fingerprint density at radius 2 is 2.18 bits per heavy atom. The van der Waals surface area contributed by atoms with Gasteiger partial charge in [-0.1, -0.05) is 12.1 Å². The van der Waals surface area contributed by atoms with Crippen LogP contribution in [-0.4, -0.2) is 27.7 Å². The van der Waals surface area contributed by atoms with Crippen molar-refractivity contribution >= 4 is 11.2 Å². The van der Waals surface area contributed by atoms with Gasteiger partial charge in [0.1, 0.15) is 11.3 Å². The van der Waals surface area contributed by atoms with E-state index in [0.29, 0.717) is 5.92 Å². The van der Waals surface area contributed by atoms with Gasteiger partial charge in [-0.05, 0) is 49.6 Å². The highest BCUT2D eigenvalue weighted by Gasteiger charge is 2.24. The first-order chi connectivity index (χ1) is 10.8. The van der Waals surface area contributed by atoms with E-state index in [4.69, 9.17) is 9.72 Å². The van der Waals surface area contributed by atoms with Crippen LogP contribution < -0.4 is 0 Å². The second-order valence-electron chi connectivity index (χ2n) is 5.90. The molecule has 0 saturated carbocycles. The third-order valence-electron chi connectivity index (χ3n) is 4.23. The second-order valence-corrected chi connectivity index (χ2v) is 5.90. The largest absolute Gasteiger partial charge is 0.381 e. The fourth-order valence-corrected chi connectivity index (χ4v) is 3.17. The van der Waals surface area contributed by atoms with Crippen molar-refractivity contribution in [3.8, 4) is 5.69 Å². The molecule has 0 N–H and O–H groups in total. The predicted octanol–water partition coefficient (Wildman–Crippen LogP) is 3.62. The van der Waals surface area contributed by atoms with Crippen LogP contribution in [0.15, 0.2) is 42.6 Å². The molecule has 1 aliphatic heterocycles. The average molecular weight is 293 g/mol. The molecule has 1 fully saturated rings. The normalized spacial score (nSPS) is 18.7. The highest BCUT2D eigenvalue weighted by Crippen LogP contribution is 2.30. The lowest BCUT2D eigenvalue weighted by Gasteiger charge is -2.22. The van der Waals surface area contributed by atoms with E-state index < -0.39 is 0 Å². The molecule has 4 heteroatoms. The molecule has 1 atom stereocenters. The van der Waals surface area contributed by atoms with Crippen LogP contribution in [0.4, 0.5) is 0 Å². The van der Waals surface area contributed by atoms with Crippen LogP contribution in [0.5, 0.6) is 0 Å². The lowest BCUT2D eigenvalue weighted by molar-refractivity contribution is 0.0778. The van der Waals surface area contributed by atoms with Gasteiger partial charge in [0.25, 0.3) is 0 Å². The molecule has 2 aromatic heterocycles. The summed E-state index contributed by atoms with van der Waals surface area (Å²) in [5.41, 5.74) is 4.24. The number of hydrogen-bond acceptors (Lipinski definition) is 3. The van der Waals surface area contributed by atoms with E-state index in [-0.39, 0.29) is 0 Å². The Morgan fingerprint density at radius 3 is 3.00 bits per heavy atom. The number of rotatable bonds is 2. The van der Waals surface area contributed by atoms with Gasteiger partial charge in [0, 0.05) is 24.4 Å². The SMILES string of the molecule is Cc1cccc(-n2c(C3CCCOC3)nc3cccnc32)c1. The minimum Gasteiger partial charge on any atom is -0.381 e. The quantitative estimate of drug-likeness (QED) is 0.724. The summed E-state index contributed by atoms with van der Waals surface area (Å²) in [6, 6.07) is 12.5. The molecule has 1 saturated heterocycles. The first-order valence-corrected chi connectivity index (χ1v) is 7.81. The molecule has 1 unspecified atom stereocenters. The Hall–Kier alpha value is -2.20. The molecule has 0 spiro atoms. The van der Waals surface area contributed by atoms with Crippen LogP contribution in [0.1, 0.15) is 30.1 Å². The summed E-state index contributed by atoms with van der Waals surface area (Å²) in [5, 5.41) is 0. The Labute approximate surface area is 129 Å². The number of aryl methyl sites for hydroxylation is 1. The van der Waals surface area contributed by atoms with E-state index in [1.54, 1.807) is 0 Å². The molecule has 0 radical (unpaired) electrons. The van der Waals surface area contributed by atoms with Gasteiger partial charge in [0.2, 0.25) is 0 Å². The van der Waals surface area contributed by atoms with Crippen LogP contribution in [0, 0.1) is 6.92 Å². The van der Waals surface area contributed by atoms with E-state index in [2.05, 4.69) is 40.7 Å².